The molecule has 1 atom stereocenters. The van der Waals surface area contributed by atoms with Crippen LogP contribution in [0.2, 0.25) is 0 Å². The maximum atomic E-state index is 11.8. The molecule has 1 unspecified atom stereocenters. The lowest BCUT2D eigenvalue weighted by molar-refractivity contribution is -0.129. The summed E-state index contributed by atoms with van der Waals surface area (Å²) in [6.07, 6.45) is 2.39. The molecule has 0 saturated carbocycles. The number of hydrogen-bond donors (Lipinski definition) is 1. The largest absolute Gasteiger partial charge is 0.356 e. The number of aliphatic imine (C=N–C) groups is 1. The second-order valence-electron chi connectivity index (χ2n) is 4.09. The van der Waals surface area contributed by atoms with Crippen LogP contribution in [0.3, 0.4) is 0 Å². The highest BCUT2D eigenvalue weighted by atomic mass is 32.2. The van der Waals surface area contributed by atoms with E-state index in [9.17, 15) is 4.79 Å². The molecule has 0 aromatic rings. The Balaban J connectivity index is 2.25. The molecule has 1 amide bonds. The minimum Gasteiger partial charge on any atom is -0.356 e. The zero-order valence-electron chi connectivity index (χ0n) is 11.0. The Labute approximate surface area is 108 Å². The van der Waals surface area contributed by atoms with Gasteiger partial charge in [-0.05, 0) is 20.3 Å². The van der Waals surface area contributed by atoms with E-state index in [0.29, 0.717) is 11.8 Å². The number of nitrogens with zero attached hydrogens (tertiary/aromatic N) is 2. The van der Waals surface area contributed by atoms with Gasteiger partial charge in [0.2, 0.25) is 5.91 Å². The maximum Gasteiger partial charge on any atom is 0.241 e. The van der Waals surface area contributed by atoms with Gasteiger partial charge in [0.1, 0.15) is 0 Å². The number of rotatable bonds is 6. The van der Waals surface area contributed by atoms with Crippen molar-refractivity contribution in [2.75, 3.05) is 26.2 Å². The zero-order valence-corrected chi connectivity index (χ0v) is 11.8. The van der Waals surface area contributed by atoms with Crippen LogP contribution < -0.4 is 5.32 Å². The van der Waals surface area contributed by atoms with E-state index in [2.05, 4.69) is 17.2 Å². The van der Waals surface area contributed by atoms with E-state index in [1.165, 1.54) is 12.8 Å². The molecule has 0 spiro atoms. The lowest BCUT2D eigenvalue weighted by Gasteiger charge is -2.19. The van der Waals surface area contributed by atoms with Crippen molar-refractivity contribution in [2.24, 2.45) is 4.99 Å². The number of likely N-dealkylation sites (N-methyl/N-ethyl adjacent to an activating group) is 1. The summed E-state index contributed by atoms with van der Waals surface area (Å²) < 4.78 is 0. The molecular formula is C12H23N3OS. The Bertz CT molecular complexity index is 277. The first-order valence-electron chi connectivity index (χ1n) is 6.43. The molecule has 1 aliphatic rings. The van der Waals surface area contributed by atoms with Crippen molar-refractivity contribution in [3.05, 3.63) is 0 Å². The Morgan fingerprint density at radius 1 is 1.47 bits per heavy atom. The van der Waals surface area contributed by atoms with Crippen molar-refractivity contribution in [1.82, 2.24) is 10.2 Å². The third kappa shape index (κ3) is 4.58. The predicted molar refractivity (Wildman–Crippen MR) is 74.5 cm³/mol. The quantitative estimate of drug-likeness (QED) is 0.788. The summed E-state index contributed by atoms with van der Waals surface area (Å²) in [5.41, 5.74) is 0. The minimum absolute atomic E-state index is 0.150. The van der Waals surface area contributed by atoms with Crippen molar-refractivity contribution in [2.45, 2.75) is 38.9 Å². The van der Waals surface area contributed by atoms with Crippen LogP contribution >= 0.6 is 11.8 Å². The van der Waals surface area contributed by atoms with Crippen LogP contribution in [-0.4, -0.2) is 47.4 Å². The Hall–Kier alpha value is -0.710. The van der Waals surface area contributed by atoms with E-state index in [1.54, 1.807) is 11.8 Å². The number of thioether (sulfide) groups is 1. The van der Waals surface area contributed by atoms with E-state index >= 15 is 0 Å². The zero-order chi connectivity index (χ0) is 12.7. The summed E-state index contributed by atoms with van der Waals surface area (Å²) in [6.45, 7) is 8.99. The molecule has 0 radical (unpaired) electrons. The fraction of sp³-hybridized carbons (Fsp3) is 0.833. The first-order valence-corrected chi connectivity index (χ1v) is 7.31. The molecule has 0 aliphatic carbocycles. The molecule has 4 nitrogen and oxygen atoms in total. The normalized spacial score (nSPS) is 19.0. The summed E-state index contributed by atoms with van der Waals surface area (Å²) in [6, 6.07) is 0. The molecule has 0 fully saturated rings. The van der Waals surface area contributed by atoms with Crippen LogP contribution in [0.5, 0.6) is 0 Å². The highest BCUT2D eigenvalue weighted by molar-refractivity contribution is 8.14. The maximum absolute atomic E-state index is 11.8. The molecule has 0 saturated heterocycles. The predicted octanol–water partition coefficient (Wildman–Crippen LogP) is 1.72. The van der Waals surface area contributed by atoms with Crippen LogP contribution in [0.15, 0.2) is 4.99 Å². The van der Waals surface area contributed by atoms with Gasteiger partial charge in [0.05, 0.1) is 13.1 Å². The van der Waals surface area contributed by atoms with E-state index in [1.807, 2.05) is 18.7 Å². The van der Waals surface area contributed by atoms with Gasteiger partial charge in [-0.2, -0.15) is 0 Å². The Morgan fingerprint density at radius 3 is 2.76 bits per heavy atom. The van der Waals surface area contributed by atoms with Gasteiger partial charge in [-0.1, -0.05) is 25.1 Å². The second-order valence-corrected chi connectivity index (χ2v) is 5.38. The summed E-state index contributed by atoms with van der Waals surface area (Å²) >= 11 is 1.77. The lowest BCUT2D eigenvalue weighted by Crippen LogP contribution is -2.39. The number of nitrogens with one attached hydrogen (secondary N) is 1. The smallest absolute Gasteiger partial charge is 0.241 e. The van der Waals surface area contributed by atoms with Crippen LogP contribution in [-0.2, 0) is 4.79 Å². The van der Waals surface area contributed by atoms with Crippen LogP contribution in [0, 0.1) is 0 Å². The Morgan fingerprint density at radius 2 is 2.18 bits per heavy atom. The van der Waals surface area contributed by atoms with Gasteiger partial charge in [-0.3, -0.25) is 9.79 Å². The molecule has 1 N–H and O–H groups in total. The van der Waals surface area contributed by atoms with Gasteiger partial charge < -0.3 is 10.2 Å². The second kappa shape index (κ2) is 7.58. The number of carbonyl (C=O) groups excluding carboxylic acids is 1. The Kier molecular flexibility index (Phi) is 6.40. The first-order chi connectivity index (χ1) is 8.21. The summed E-state index contributed by atoms with van der Waals surface area (Å²) in [7, 11) is 0. The average molecular weight is 257 g/mol. The van der Waals surface area contributed by atoms with Crippen LogP contribution in [0.4, 0.5) is 0 Å². The van der Waals surface area contributed by atoms with Crippen molar-refractivity contribution in [1.29, 1.82) is 0 Å². The van der Waals surface area contributed by atoms with Gasteiger partial charge in [0, 0.05) is 18.3 Å². The molecule has 5 heteroatoms. The molecule has 0 aromatic carbocycles. The van der Waals surface area contributed by atoms with Gasteiger partial charge in [0.25, 0.3) is 0 Å². The highest BCUT2D eigenvalue weighted by Crippen LogP contribution is 2.23. The standard InChI is InChI=1S/C12H23N3OS/c1-4-7-10-8-13-12(17-10)14-9-11(16)15(5-2)6-3/h10H,4-9H2,1-3H3,(H,13,14). The van der Waals surface area contributed by atoms with Gasteiger partial charge in [0.15, 0.2) is 5.17 Å². The summed E-state index contributed by atoms with van der Waals surface area (Å²) in [5, 5.41) is 4.68. The highest BCUT2D eigenvalue weighted by Gasteiger charge is 2.19. The molecular weight excluding hydrogens is 234 g/mol. The monoisotopic (exact) mass is 257 g/mol. The fourth-order valence-electron chi connectivity index (χ4n) is 1.83. The number of carbonyl (C=O) groups is 1. The summed E-state index contributed by atoms with van der Waals surface area (Å²) in [4.78, 5) is 18.0. The molecule has 98 valence electrons. The topological polar surface area (TPSA) is 44.7 Å². The molecule has 1 heterocycles. The third-order valence-corrected chi connectivity index (χ3v) is 4.05. The van der Waals surface area contributed by atoms with E-state index < -0.39 is 0 Å². The molecule has 0 bridgehead atoms. The van der Waals surface area contributed by atoms with Gasteiger partial charge in [-0.15, -0.1) is 0 Å². The van der Waals surface area contributed by atoms with Crippen molar-refractivity contribution < 1.29 is 4.79 Å². The van der Waals surface area contributed by atoms with Gasteiger partial charge >= 0.3 is 0 Å². The van der Waals surface area contributed by atoms with Crippen molar-refractivity contribution in [3.63, 3.8) is 0 Å². The number of amides is 1. The molecule has 0 aromatic heterocycles. The molecule has 17 heavy (non-hydrogen) atoms. The lowest BCUT2D eigenvalue weighted by atomic mass is 10.2. The van der Waals surface area contributed by atoms with Crippen molar-refractivity contribution >= 4 is 22.8 Å². The minimum atomic E-state index is 0.150. The fourth-order valence-corrected chi connectivity index (χ4v) is 2.95. The van der Waals surface area contributed by atoms with Gasteiger partial charge in [-0.25, -0.2) is 0 Å². The number of amidine groups is 1. The third-order valence-electron chi connectivity index (χ3n) is 2.83. The number of hydrogen-bond acceptors (Lipinski definition) is 4. The van der Waals surface area contributed by atoms with Crippen LogP contribution in [0.25, 0.3) is 0 Å². The first kappa shape index (κ1) is 14.4. The van der Waals surface area contributed by atoms with Crippen molar-refractivity contribution in [3.8, 4) is 0 Å². The molecule has 1 aliphatic heterocycles. The van der Waals surface area contributed by atoms with E-state index in [4.69, 9.17) is 0 Å². The van der Waals surface area contributed by atoms with E-state index in [0.717, 1.165) is 24.8 Å². The molecule has 1 rings (SSSR count). The SMILES string of the molecule is CCCC1CN=C(NCC(=O)N(CC)CC)S1. The average Bonchev–Trinajstić information content (AvgIpc) is 2.76. The van der Waals surface area contributed by atoms with Crippen LogP contribution in [0.1, 0.15) is 33.6 Å². The summed E-state index contributed by atoms with van der Waals surface area (Å²) in [5.74, 6) is 0.150. The van der Waals surface area contributed by atoms with E-state index in [-0.39, 0.29) is 5.91 Å².